The summed E-state index contributed by atoms with van der Waals surface area (Å²) in [4.78, 5) is 17.8. The van der Waals surface area contributed by atoms with Crippen LogP contribution in [0.15, 0.2) is 5.16 Å². The third-order valence-electron chi connectivity index (χ3n) is 8.63. The van der Waals surface area contributed by atoms with Crippen molar-refractivity contribution in [2.24, 2.45) is 45.4 Å². The maximum Gasteiger partial charge on any atom is 0.139 e. The standard InChI is InChI=1S/C21H34N2O3/c1-20-7-5-13(23-26-10-9-22)11-17(20)18(24)12-14-15-3-4-19(25)21(15,2)8-6-16(14)20/h14-18,24H,3-12,22H2,1-2H3/b23-13+/t14-,15-,16-,17+,18-,20+,21-/m0/s1. The van der Waals surface area contributed by atoms with E-state index >= 15 is 0 Å². The van der Waals surface area contributed by atoms with Crippen molar-refractivity contribution >= 4 is 11.5 Å². The second kappa shape index (κ2) is 6.59. The van der Waals surface area contributed by atoms with Crippen LogP contribution >= 0.6 is 0 Å². The Morgan fingerprint density at radius 3 is 2.77 bits per heavy atom. The van der Waals surface area contributed by atoms with Gasteiger partial charge < -0.3 is 15.7 Å². The number of ketones is 1. The van der Waals surface area contributed by atoms with Gasteiger partial charge in [-0.2, -0.15) is 0 Å². The minimum Gasteiger partial charge on any atom is -0.395 e. The van der Waals surface area contributed by atoms with Crippen molar-refractivity contribution in [2.75, 3.05) is 13.2 Å². The Hall–Kier alpha value is -0.940. The summed E-state index contributed by atoms with van der Waals surface area (Å²) in [7, 11) is 0. The molecule has 0 spiro atoms. The molecule has 26 heavy (non-hydrogen) atoms. The molecule has 4 aliphatic rings. The van der Waals surface area contributed by atoms with Crippen molar-refractivity contribution in [3.63, 3.8) is 0 Å². The van der Waals surface area contributed by atoms with Crippen molar-refractivity contribution < 1.29 is 14.7 Å². The lowest BCUT2D eigenvalue weighted by atomic mass is 9.44. The fourth-order valence-electron chi connectivity index (χ4n) is 7.15. The van der Waals surface area contributed by atoms with Gasteiger partial charge in [0, 0.05) is 18.4 Å². The van der Waals surface area contributed by atoms with Gasteiger partial charge in [-0.1, -0.05) is 19.0 Å². The molecule has 0 heterocycles. The Bertz CT molecular complexity index is 606. The fraction of sp³-hybridized carbons (Fsp3) is 0.905. The predicted octanol–water partition coefficient (Wildman–Crippen LogP) is 2.90. The molecule has 0 aromatic carbocycles. The quantitative estimate of drug-likeness (QED) is 0.597. The summed E-state index contributed by atoms with van der Waals surface area (Å²) >= 11 is 0. The van der Waals surface area contributed by atoms with Gasteiger partial charge in [0.25, 0.3) is 0 Å². The minimum absolute atomic E-state index is 0.124. The third kappa shape index (κ3) is 2.65. The number of aliphatic hydroxyl groups is 1. The summed E-state index contributed by atoms with van der Waals surface area (Å²) in [5.74, 6) is 2.34. The summed E-state index contributed by atoms with van der Waals surface area (Å²) < 4.78 is 0. The lowest BCUT2D eigenvalue weighted by Crippen LogP contribution is -2.57. The van der Waals surface area contributed by atoms with E-state index in [1.54, 1.807) is 0 Å². The third-order valence-corrected chi connectivity index (χ3v) is 8.63. The maximum absolute atomic E-state index is 12.5. The molecule has 0 aromatic heterocycles. The van der Waals surface area contributed by atoms with E-state index in [1.807, 2.05) is 0 Å². The molecule has 3 N–H and O–H groups in total. The molecule has 0 radical (unpaired) electrons. The Labute approximate surface area is 156 Å². The Morgan fingerprint density at radius 1 is 1.19 bits per heavy atom. The molecular formula is C21H34N2O3. The van der Waals surface area contributed by atoms with E-state index in [0.29, 0.717) is 36.7 Å². The highest BCUT2D eigenvalue weighted by Crippen LogP contribution is 2.65. The van der Waals surface area contributed by atoms with Gasteiger partial charge in [0.15, 0.2) is 0 Å². The zero-order chi connectivity index (χ0) is 18.5. The molecule has 0 aromatic rings. The first-order chi connectivity index (χ1) is 12.4. The molecule has 7 atom stereocenters. The van der Waals surface area contributed by atoms with Gasteiger partial charge in [0.2, 0.25) is 0 Å². The monoisotopic (exact) mass is 362 g/mol. The summed E-state index contributed by atoms with van der Waals surface area (Å²) in [6.07, 6.45) is 7.38. The number of fused-ring (bicyclic) bond motifs is 5. The number of nitrogens with two attached hydrogens (primary N) is 1. The average Bonchev–Trinajstić information content (AvgIpc) is 2.92. The molecule has 4 aliphatic carbocycles. The van der Waals surface area contributed by atoms with Crippen LogP contribution < -0.4 is 5.73 Å². The summed E-state index contributed by atoms with van der Waals surface area (Å²) in [6.45, 7) is 5.52. The Kier molecular flexibility index (Phi) is 4.67. The molecule has 146 valence electrons. The molecule has 4 saturated carbocycles. The molecule has 4 rings (SSSR count). The van der Waals surface area contributed by atoms with Gasteiger partial charge in [-0.05, 0) is 74.0 Å². The van der Waals surface area contributed by atoms with Crippen LogP contribution in [-0.2, 0) is 9.63 Å². The lowest BCUT2D eigenvalue weighted by molar-refractivity contribution is -0.153. The van der Waals surface area contributed by atoms with E-state index in [0.717, 1.165) is 57.1 Å². The molecule has 0 unspecified atom stereocenters. The minimum atomic E-state index is -0.292. The highest BCUT2D eigenvalue weighted by Gasteiger charge is 2.61. The number of carbonyl (C=O) groups is 1. The van der Waals surface area contributed by atoms with Crippen LogP contribution in [-0.4, -0.2) is 35.9 Å². The molecule has 5 heteroatoms. The van der Waals surface area contributed by atoms with Crippen LogP contribution in [0.25, 0.3) is 0 Å². The number of rotatable bonds is 3. The molecule has 4 fully saturated rings. The Balaban J connectivity index is 1.56. The van der Waals surface area contributed by atoms with Gasteiger partial charge in [-0.25, -0.2) is 0 Å². The Morgan fingerprint density at radius 2 is 2.00 bits per heavy atom. The number of nitrogens with zero attached hydrogens (tertiary/aromatic N) is 1. The summed E-state index contributed by atoms with van der Waals surface area (Å²) in [6, 6.07) is 0. The average molecular weight is 363 g/mol. The van der Waals surface area contributed by atoms with Crippen molar-refractivity contribution in [3.05, 3.63) is 0 Å². The van der Waals surface area contributed by atoms with Crippen molar-refractivity contribution in [3.8, 4) is 0 Å². The molecule has 0 bridgehead atoms. The smallest absolute Gasteiger partial charge is 0.139 e. The van der Waals surface area contributed by atoms with Crippen LogP contribution in [0.5, 0.6) is 0 Å². The summed E-state index contributed by atoms with van der Waals surface area (Å²) in [5, 5.41) is 15.4. The number of oxime groups is 1. The molecule has 0 saturated heterocycles. The number of aliphatic hydroxyl groups excluding tert-OH is 1. The van der Waals surface area contributed by atoms with Crippen LogP contribution in [0.4, 0.5) is 0 Å². The number of hydrogen-bond donors (Lipinski definition) is 2. The van der Waals surface area contributed by atoms with Crippen LogP contribution in [0, 0.1) is 34.5 Å². The van der Waals surface area contributed by atoms with Gasteiger partial charge in [-0.15, -0.1) is 0 Å². The zero-order valence-corrected chi connectivity index (χ0v) is 16.2. The van der Waals surface area contributed by atoms with Crippen molar-refractivity contribution in [2.45, 2.75) is 71.3 Å². The SMILES string of the molecule is C[C@]12CC/C(=N\OCCN)C[C@@H]1[C@@H](O)C[C@@H]1[C@@H]2CC[C@]2(C)C(=O)CC[C@@H]12. The molecule has 0 amide bonds. The van der Waals surface area contributed by atoms with E-state index in [4.69, 9.17) is 10.6 Å². The van der Waals surface area contributed by atoms with E-state index in [2.05, 4.69) is 19.0 Å². The molecular weight excluding hydrogens is 328 g/mol. The largest absolute Gasteiger partial charge is 0.395 e. The molecule has 5 nitrogen and oxygen atoms in total. The van der Waals surface area contributed by atoms with Crippen LogP contribution in [0.1, 0.15) is 65.2 Å². The topological polar surface area (TPSA) is 84.9 Å². The van der Waals surface area contributed by atoms with E-state index in [9.17, 15) is 9.90 Å². The summed E-state index contributed by atoms with van der Waals surface area (Å²) in [5.41, 5.74) is 6.58. The second-order valence-electron chi connectivity index (χ2n) is 9.69. The highest BCUT2D eigenvalue weighted by atomic mass is 16.6. The first-order valence-electron chi connectivity index (χ1n) is 10.5. The van der Waals surface area contributed by atoms with Crippen molar-refractivity contribution in [1.82, 2.24) is 0 Å². The van der Waals surface area contributed by atoms with Gasteiger partial charge in [0.05, 0.1) is 11.8 Å². The highest BCUT2D eigenvalue weighted by molar-refractivity contribution is 5.87. The van der Waals surface area contributed by atoms with E-state index in [1.165, 1.54) is 0 Å². The number of carbonyl (C=O) groups excluding carboxylic acids is 1. The van der Waals surface area contributed by atoms with E-state index in [-0.39, 0.29) is 22.9 Å². The number of Topliss-reactive ketones (excluding diaryl/α,β-unsaturated/α-hetero) is 1. The second-order valence-corrected chi connectivity index (χ2v) is 9.69. The lowest BCUT2D eigenvalue weighted by Gasteiger charge is -2.60. The van der Waals surface area contributed by atoms with Gasteiger partial charge >= 0.3 is 0 Å². The van der Waals surface area contributed by atoms with Gasteiger partial charge in [-0.3, -0.25) is 4.79 Å². The van der Waals surface area contributed by atoms with Crippen molar-refractivity contribution in [1.29, 1.82) is 0 Å². The normalized spacial score (nSPS) is 49.5. The van der Waals surface area contributed by atoms with Gasteiger partial charge in [0.1, 0.15) is 12.4 Å². The first kappa shape index (κ1) is 18.4. The zero-order valence-electron chi connectivity index (χ0n) is 16.2. The molecule has 0 aliphatic heterocycles. The maximum atomic E-state index is 12.5. The number of hydrogen-bond acceptors (Lipinski definition) is 5. The van der Waals surface area contributed by atoms with E-state index < -0.39 is 0 Å². The fourth-order valence-corrected chi connectivity index (χ4v) is 7.15. The predicted molar refractivity (Wildman–Crippen MR) is 101 cm³/mol. The first-order valence-corrected chi connectivity index (χ1v) is 10.5. The van der Waals surface area contributed by atoms with Crippen LogP contribution in [0.2, 0.25) is 0 Å². The van der Waals surface area contributed by atoms with Crippen LogP contribution in [0.3, 0.4) is 0 Å².